The SMILES string of the molecule is O=C1NC(N2CCOCC2)=NC(=NC2CNC2)C1c1ccc2ccccc2n1. The maximum absolute atomic E-state index is 13.1. The van der Waals surface area contributed by atoms with Crippen molar-refractivity contribution in [2.24, 2.45) is 9.98 Å². The lowest BCUT2D eigenvalue weighted by Crippen LogP contribution is -2.54. The highest BCUT2D eigenvalue weighted by molar-refractivity contribution is 6.20. The Kier molecular flexibility index (Phi) is 4.50. The van der Waals surface area contributed by atoms with Gasteiger partial charge in [0.25, 0.3) is 0 Å². The summed E-state index contributed by atoms with van der Waals surface area (Å²) >= 11 is 0. The van der Waals surface area contributed by atoms with Gasteiger partial charge >= 0.3 is 0 Å². The number of amides is 1. The largest absolute Gasteiger partial charge is 0.378 e. The van der Waals surface area contributed by atoms with Gasteiger partial charge in [-0.1, -0.05) is 24.3 Å². The van der Waals surface area contributed by atoms with Crippen molar-refractivity contribution in [3.63, 3.8) is 0 Å². The van der Waals surface area contributed by atoms with Crippen molar-refractivity contribution in [3.05, 3.63) is 42.1 Å². The predicted octanol–water partition coefficient (Wildman–Crippen LogP) is 0.507. The smallest absolute Gasteiger partial charge is 0.243 e. The fourth-order valence-corrected chi connectivity index (χ4v) is 3.59. The number of aliphatic imine (C=N–C) groups is 2. The van der Waals surface area contributed by atoms with Crippen molar-refractivity contribution in [1.82, 2.24) is 20.5 Å². The van der Waals surface area contributed by atoms with Crippen molar-refractivity contribution in [3.8, 4) is 0 Å². The van der Waals surface area contributed by atoms with Crippen LogP contribution in [0.1, 0.15) is 11.6 Å². The number of amidine groups is 1. The van der Waals surface area contributed by atoms with Crippen LogP contribution in [-0.4, -0.2) is 73.0 Å². The van der Waals surface area contributed by atoms with Crippen LogP contribution >= 0.6 is 0 Å². The number of nitrogens with zero attached hydrogens (tertiary/aromatic N) is 4. The number of rotatable bonds is 2. The Morgan fingerprint density at radius 1 is 1.11 bits per heavy atom. The Bertz CT molecular complexity index is 962. The molecule has 1 amide bonds. The minimum Gasteiger partial charge on any atom is -0.378 e. The Morgan fingerprint density at radius 2 is 1.93 bits per heavy atom. The molecule has 0 bridgehead atoms. The quantitative estimate of drug-likeness (QED) is 0.795. The summed E-state index contributed by atoms with van der Waals surface area (Å²) in [4.78, 5) is 29.4. The first-order valence-electron chi connectivity index (χ1n) is 9.64. The van der Waals surface area contributed by atoms with E-state index in [4.69, 9.17) is 19.7 Å². The summed E-state index contributed by atoms with van der Waals surface area (Å²) in [5.41, 5.74) is 1.53. The summed E-state index contributed by atoms with van der Waals surface area (Å²) in [7, 11) is 0. The number of para-hydroxylation sites is 1. The monoisotopic (exact) mass is 378 g/mol. The topological polar surface area (TPSA) is 91.2 Å². The average Bonchev–Trinajstić information content (AvgIpc) is 2.71. The van der Waals surface area contributed by atoms with Crippen LogP contribution in [0, 0.1) is 0 Å². The Balaban J connectivity index is 1.53. The molecule has 2 fully saturated rings. The van der Waals surface area contributed by atoms with Gasteiger partial charge in [-0.15, -0.1) is 0 Å². The molecule has 144 valence electrons. The molecule has 8 heteroatoms. The summed E-state index contributed by atoms with van der Waals surface area (Å²) in [5, 5.41) is 7.23. The molecule has 1 aromatic carbocycles. The molecule has 8 nitrogen and oxygen atoms in total. The fourth-order valence-electron chi connectivity index (χ4n) is 3.59. The number of morpholine rings is 1. The molecule has 5 rings (SSSR count). The molecule has 1 atom stereocenters. The van der Waals surface area contributed by atoms with Crippen LogP contribution in [0.5, 0.6) is 0 Å². The minimum absolute atomic E-state index is 0.134. The molecule has 3 aliphatic heterocycles. The van der Waals surface area contributed by atoms with Crippen LogP contribution in [0.2, 0.25) is 0 Å². The van der Waals surface area contributed by atoms with E-state index in [0.29, 0.717) is 43.8 Å². The highest BCUT2D eigenvalue weighted by atomic mass is 16.5. The lowest BCUT2D eigenvalue weighted by molar-refractivity contribution is -0.120. The Morgan fingerprint density at radius 3 is 2.71 bits per heavy atom. The number of hydrogen-bond donors (Lipinski definition) is 2. The molecule has 3 aliphatic rings. The number of guanidine groups is 1. The van der Waals surface area contributed by atoms with E-state index in [-0.39, 0.29) is 11.9 Å². The van der Waals surface area contributed by atoms with Gasteiger partial charge in [0.05, 0.1) is 30.5 Å². The van der Waals surface area contributed by atoms with E-state index < -0.39 is 5.92 Å². The minimum atomic E-state index is -0.602. The molecule has 28 heavy (non-hydrogen) atoms. The molecule has 2 saturated heterocycles. The molecule has 2 N–H and O–H groups in total. The number of nitrogens with one attached hydrogen (secondary N) is 2. The Hall–Kier alpha value is -2.84. The number of hydrogen-bond acceptors (Lipinski definition) is 6. The number of fused-ring (bicyclic) bond motifs is 1. The fraction of sp³-hybridized carbons (Fsp3) is 0.400. The van der Waals surface area contributed by atoms with Gasteiger partial charge in [-0.2, -0.15) is 4.99 Å². The molecular formula is C20H22N6O2. The second-order valence-corrected chi connectivity index (χ2v) is 7.19. The van der Waals surface area contributed by atoms with Crippen molar-refractivity contribution in [1.29, 1.82) is 0 Å². The van der Waals surface area contributed by atoms with Gasteiger partial charge in [0, 0.05) is 31.6 Å². The third-order valence-electron chi connectivity index (χ3n) is 5.28. The molecule has 2 aromatic rings. The van der Waals surface area contributed by atoms with Crippen molar-refractivity contribution < 1.29 is 9.53 Å². The summed E-state index contributed by atoms with van der Waals surface area (Å²) < 4.78 is 5.41. The number of aromatic nitrogens is 1. The van der Waals surface area contributed by atoms with Gasteiger partial charge in [0.15, 0.2) is 0 Å². The molecular weight excluding hydrogens is 356 g/mol. The molecule has 0 spiro atoms. The second-order valence-electron chi connectivity index (χ2n) is 7.19. The number of ether oxygens (including phenoxy) is 1. The summed E-state index contributed by atoms with van der Waals surface area (Å²) in [6.07, 6.45) is 0. The van der Waals surface area contributed by atoms with E-state index in [1.165, 1.54) is 0 Å². The van der Waals surface area contributed by atoms with Crippen molar-refractivity contribution in [2.75, 3.05) is 39.4 Å². The summed E-state index contributed by atoms with van der Waals surface area (Å²) in [6.45, 7) is 4.29. The summed E-state index contributed by atoms with van der Waals surface area (Å²) in [6, 6.07) is 11.9. The standard InChI is InChI=1S/C20H22N6O2/c27-19-17(16-6-5-13-3-1-2-4-15(13)23-16)18(22-14-11-21-12-14)24-20(25-19)26-7-9-28-10-8-26/h1-6,14,17,21H,7-12H2,(H,22,24,25,27). The molecule has 0 radical (unpaired) electrons. The van der Waals surface area contributed by atoms with E-state index in [0.717, 1.165) is 24.0 Å². The maximum Gasteiger partial charge on any atom is 0.243 e. The first-order valence-corrected chi connectivity index (χ1v) is 9.64. The van der Waals surface area contributed by atoms with Gasteiger partial charge in [-0.05, 0) is 12.1 Å². The highest BCUT2D eigenvalue weighted by Crippen LogP contribution is 2.24. The van der Waals surface area contributed by atoms with Gasteiger partial charge < -0.3 is 15.0 Å². The summed E-state index contributed by atoms with van der Waals surface area (Å²) in [5.74, 6) is 0.371. The molecule has 0 aliphatic carbocycles. The molecule has 1 unspecified atom stereocenters. The molecule has 0 saturated carbocycles. The van der Waals surface area contributed by atoms with E-state index in [2.05, 4.69) is 10.6 Å². The lowest BCUT2D eigenvalue weighted by Gasteiger charge is -2.33. The van der Waals surface area contributed by atoms with Crippen LogP contribution < -0.4 is 10.6 Å². The van der Waals surface area contributed by atoms with Crippen molar-refractivity contribution in [2.45, 2.75) is 12.0 Å². The zero-order valence-electron chi connectivity index (χ0n) is 15.5. The Labute approximate surface area is 162 Å². The first kappa shape index (κ1) is 17.3. The van der Waals surface area contributed by atoms with E-state index in [1.807, 2.05) is 41.3 Å². The number of benzene rings is 1. The molecule has 1 aromatic heterocycles. The third kappa shape index (κ3) is 3.25. The van der Waals surface area contributed by atoms with Gasteiger partial charge in [-0.25, -0.2) is 0 Å². The third-order valence-corrected chi connectivity index (χ3v) is 5.28. The zero-order valence-corrected chi connectivity index (χ0v) is 15.5. The normalized spacial score (nSPS) is 24.8. The number of carbonyl (C=O) groups excluding carboxylic acids is 1. The van der Waals surface area contributed by atoms with Crippen LogP contribution in [0.25, 0.3) is 10.9 Å². The van der Waals surface area contributed by atoms with Crippen molar-refractivity contribution >= 4 is 28.6 Å². The average molecular weight is 378 g/mol. The van der Waals surface area contributed by atoms with Crippen LogP contribution in [-0.2, 0) is 9.53 Å². The van der Waals surface area contributed by atoms with Crippen LogP contribution in [0.3, 0.4) is 0 Å². The first-order chi connectivity index (χ1) is 13.8. The highest BCUT2D eigenvalue weighted by Gasteiger charge is 2.36. The second kappa shape index (κ2) is 7.29. The van der Waals surface area contributed by atoms with Gasteiger partial charge in [-0.3, -0.25) is 20.1 Å². The van der Waals surface area contributed by atoms with Crippen LogP contribution in [0.15, 0.2) is 46.4 Å². The van der Waals surface area contributed by atoms with E-state index >= 15 is 0 Å². The zero-order chi connectivity index (χ0) is 18.9. The van der Waals surface area contributed by atoms with Crippen LogP contribution in [0.4, 0.5) is 0 Å². The maximum atomic E-state index is 13.1. The van der Waals surface area contributed by atoms with Gasteiger partial charge in [0.1, 0.15) is 11.8 Å². The van der Waals surface area contributed by atoms with Gasteiger partial charge in [0.2, 0.25) is 11.9 Å². The lowest BCUT2D eigenvalue weighted by atomic mass is 9.99. The predicted molar refractivity (Wildman–Crippen MR) is 107 cm³/mol. The number of carbonyl (C=O) groups is 1. The molecule has 4 heterocycles. The number of pyridine rings is 1. The van der Waals surface area contributed by atoms with E-state index in [9.17, 15) is 4.79 Å². The van der Waals surface area contributed by atoms with E-state index in [1.54, 1.807) is 0 Å².